The molecule has 3 aromatic rings. The molecule has 1 heterocycles. The number of hydrogen-bond acceptors (Lipinski definition) is 4. The maximum absolute atomic E-state index is 13.0. The highest BCUT2D eigenvalue weighted by Gasteiger charge is 2.30. The van der Waals surface area contributed by atoms with Crippen molar-refractivity contribution < 1.29 is 27.5 Å². The maximum atomic E-state index is 13.0. The number of nitrogens with two attached hydrogens (primary N) is 1. The molecule has 1 aliphatic heterocycles. The lowest BCUT2D eigenvalue weighted by atomic mass is 10.1. The van der Waals surface area contributed by atoms with Crippen molar-refractivity contribution in [1.29, 1.82) is 0 Å². The third-order valence-electron chi connectivity index (χ3n) is 5.78. The summed E-state index contributed by atoms with van der Waals surface area (Å²) in [4.78, 5) is 28.2. The lowest BCUT2D eigenvalue weighted by molar-refractivity contribution is -0.137. The summed E-state index contributed by atoms with van der Waals surface area (Å²) in [6.07, 6.45) is -4.47. The monoisotopic (exact) mass is 483 g/mol. The molecule has 2 N–H and O–H groups in total. The summed E-state index contributed by atoms with van der Waals surface area (Å²) in [7, 11) is 0. The van der Waals surface area contributed by atoms with Crippen molar-refractivity contribution in [2.24, 2.45) is 5.73 Å². The van der Waals surface area contributed by atoms with Gasteiger partial charge in [-0.2, -0.15) is 13.2 Å². The second kappa shape index (κ2) is 10.2. The molecular formula is C26H24F3N3O3. The van der Waals surface area contributed by atoms with Gasteiger partial charge in [0.05, 0.1) is 5.56 Å². The first kappa shape index (κ1) is 24.3. The van der Waals surface area contributed by atoms with E-state index in [1.807, 2.05) is 12.1 Å². The first-order chi connectivity index (χ1) is 16.7. The number of rotatable bonds is 6. The minimum atomic E-state index is -4.47. The fourth-order valence-corrected chi connectivity index (χ4v) is 3.89. The van der Waals surface area contributed by atoms with Gasteiger partial charge in [0.2, 0.25) is 5.91 Å². The third-order valence-corrected chi connectivity index (χ3v) is 5.78. The van der Waals surface area contributed by atoms with Crippen LogP contribution in [-0.2, 0) is 12.7 Å². The lowest BCUT2D eigenvalue weighted by Crippen LogP contribution is -2.48. The van der Waals surface area contributed by atoms with Gasteiger partial charge in [-0.3, -0.25) is 14.5 Å². The number of primary amides is 1. The second-order valence-electron chi connectivity index (χ2n) is 8.29. The number of halogens is 3. The van der Waals surface area contributed by atoms with Crippen LogP contribution in [0.3, 0.4) is 0 Å². The zero-order valence-corrected chi connectivity index (χ0v) is 18.8. The van der Waals surface area contributed by atoms with Gasteiger partial charge in [-0.05, 0) is 54.1 Å². The highest BCUT2D eigenvalue weighted by atomic mass is 19.4. The molecule has 0 radical (unpaired) electrons. The molecule has 182 valence electrons. The van der Waals surface area contributed by atoms with Crippen LogP contribution in [0, 0.1) is 0 Å². The average molecular weight is 483 g/mol. The third kappa shape index (κ3) is 6.19. The van der Waals surface area contributed by atoms with Gasteiger partial charge >= 0.3 is 6.18 Å². The molecule has 6 nitrogen and oxygen atoms in total. The van der Waals surface area contributed by atoms with Gasteiger partial charge in [0.25, 0.3) is 5.91 Å². The van der Waals surface area contributed by atoms with Gasteiger partial charge < -0.3 is 15.4 Å². The van der Waals surface area contributed by atoms with E-state index in [-0.39, 0.29) is 17.4 Å². The van der Waals surface area contributed by atoms with Gasteiger partial charge in [-0.1, -0.05) is 24.3 Å². The van der Waals surface area contributed by atoms with Crippen LogP contribution in [0.2, 0.25) is 0 Å². The summed E-state index contributed by atoms with van der Waals surface area (Å²) in [6.45, 7) is 3.14. The predicted octanol–water partition coefficient (Wildman–Crippen LogP) is 4.55. The van der Waals surface area contributed by atoms with Crippen LogP contribution in [0.1, 0.15) is 31.8 Å². The standard InChI is InChI=1S/C26H24F3N3O3/c27-26(28,29)21-4-2-6-23(16-21)35-22-5-1-3-20(15-22)25(34)32-13-11-31(12-14-32)17-18-7-9-19(10-8-18)24(30)33/h1-10,15-16H,11-14,17H2,(H2,30,33). The van der Waals surface area contributed by atoms with Crippen LogP contribution in [-0.4, -0.2) is 47.8 Å². The number of carbonyl (C=O) groups is 2. The minimum absolute atomic E-state index is 0.0434. The Labute approximate surface area is 200 Å². The van der Waals surface area contributed by atoms with Crippen molar-refractivity contribution >= 4 is 11.8 Å². The summed E-state index contributed by atoms with van der Waals surface area (Å²) >= 11 is 0. The zero-order chi connectivity index (χ0) is 25.0. The molecule has 0 atom stereocenters. The molecule has 1 aliphatic rings. The number of amides is 2. The van der Waals surface area contributed by atoms with E-state index in [9.17, 15) is 22.8 Å². The molecule has 3 aromatic carbocycles. The summed E-state index contributed by atoms with van der Waals surface area (Å²) < 4.78 is 44.4. The van der Waals surface area contributed by atoms with E-state index < -0.39 is 17.6 Å². The minimum Gasteiger partial charge on any atom is -0.457 e. The molecule has 0 aliphatic carbocycles. The first-order valence-corrected chi connectivity index (χ1v) is 11.0. The first-order valence-electron chi connectivity index (χ1n) is 11.0. The Kier molecular flexibility index (Phi) is 7.07. The summed E-state index contributed by atoms with van der Waals surface area (Å²) in [6, 6.07) is 18.2. The van der Waals surface area contributed by atoms with E-state index in [0.717, 1.165) is 17.7 Å². The van der Waals surface area contributed by atoms with Crippen molar-refractivity contribution in [3.05, 3.63) is 95.1 Å². The molecule has 9 heteroatoms. The van der Waals surface area contributed by atoms with E-state index in [0.29, 0.717) is 43.9 Å². The maximum Gasteiger partial charge on any atom is 0.416 e. The molecule has 0 unspecified atom stereocenters. The van der Waals surface area contributed by atoms with Crippen molar-refractivity contribution in [3.8, 4) is 11.5 Å². The fraction of sp³-hybridized carbons (Fsp3) is 0.231. The van der Waals surface area contributed by atoms with E-state index in [4.69, 9.17) is 10.5 Å². The number of piperazine rings is 1. The Morgan fingerprint density at radius 3 is 2.09 bits per heavy atom. The molecule has 1 saturated heterocycles. The SMILES string of the molecule is NC(=O)c1ccc(CN2CCN(C(=O)c3cccc(Oc4cccc(C(F)(F)F)c4)c3)CC2)cc1. The van der Waals surface area contributed by atoms with Gasteiger partial charge in [-0.15, -0.1) is 0 Å². The Hall–Kier alpha value is -3.85. The smallest absolute Gasteiger partial charge is 0.416 e. The molecule has 2 amide bonds. The number of hydrogen-bond donors (Lipinski definition) is 1. The van der Waals surface area contributed by atoms with Gasteiger partial charge in [0.15, 0.2) is 0 Å². The largest absolute Gasteiger partial charge is 0.457 e. The van der Waals surface area contributed by atoms with E-state index in [1.165, 1.54) is 18.2 Å². The van der Waals surface area contributed by atoms with Crippen molar-refractivity contribution in [2.75, 3.05) is 26.2 Å². The van der Waals surface area contributed by atoms with Crippen LogP contribution in [0.4, 0.5) is 13.2 Å². The Morgan fingerprint density at radius 1 is 0.829 bits per heavy atom. The van der Waals surface area contributed by atoms with Crippen LogP contribution in [0.15, 0.2) is 72.8 Å². The number of alkyl halides is 3. The summed E-state index contributed by atoms with van der Waals surface area (Å²) in [5.41, 5.74) is 6.39. The Bertz CT molecular complexity index is 1200. The van der Waals surface area contributed by atoms with Gasteiger partial charge in [0.1, 0.15) is 11.5 Å². The number of benzene rings is 3. The molecule has 35 heavy (non-hydrogen) atoms. The normalized spacial score (nSPS) is 14.5. The van der Waals surface area contributed by atoms with E-state index in [2.05, 4.69) is 4.90 Å². The fourth-order valence-electron chi connectivity index (χ4n) is 3.89. The van der Waals surface area contributed by atoms with Crippen LogP contribution in [0.5, 0.6) is 11.5 Å². The van der Waals surface area contributed by atoms with E-state index in [1.54, 1.807) is 35.2 Å². The van der Waals surface area contributed by atoms with Crippen molar-refractivity contribution in [1.82, 2.24) is 9.80 Å². The summed E-state index contributed by atoms with van der Waals surface area (Å²) in [5, 5.41) is 0. The zero-order valence-electron chi connectivity index (χ0n) is 18.8. The predicted molar refractivity (Wildman–Crippen MR) is 124 cm³/mol. The van der Waals surface area contributed by atoms with Crippen molar-refractivity contribution in [2.45, 2.75) is 12.7 Å². The lowest BCUT2D eigenvalue weighted by Gasteiger charge is -2.34. The van der Waals surface area contributed by atoms with Gasteiger partial charge in [-0.25, -0.2) is 0 Å². The van der Waals surface area contributed by atoms with Gasteiger partial charge in [0, 0.05) is 43.9 Å². The number of carbonyl (C=O) groups excluding carboxylic acids is 2. The molecule has 0 bridgehead atoms. The highest BCUT2D eigenvalue weighted by Crippen LogP contribution is 2.33. The molecule has 1 fully saturated rings. The number of nitrogens with zero attached hydrogens (tertiary/aromatic N) is 2. The summed E-state index contributed by atoms with van der Waals surface area (Å²) in [5.74, 6) is -0.298. The number of ether oxygens (including phenoxy) is 1. The molecule has 0 spiro atoms. The average Bonchev–Trinajstić information content (AvgIpc) is 2.84. The van der Waals surface area contributed by atoms with E-state index >= 15 is 0 Å². The second-order valence-corrected chi connectivity index (χ2v) is 8.29. The highest BCUT2D eigenvalue weighted by molar-refractivity contribution is 5.94. The quantitative estimate of drug-likeness (QED) is 0.558. The Balaban J connectivity index is 1.35. The molecule has 0 saturated carbocycles. The topological polar surface area (TPSA) is 75.9 Å². The molecular weight excluding hydrogens is 459 g/mol. The van der Waals surface area contributed by atoms with Crippen LogP contribution in [0.25, 0.3) is 0 Å². The Morgan fingerprint density at radius 2 is 1.46 bits per heavy atom. The molecule has 0 aromatic heterocycles. The van der Waals surface area contributed by atoms with Crippen LogP contribution < -0.4 is 10.5 Å². The van der Waals surface area contributed by atoms with Crippen molar-refractivity contribution in [3.63, 3.8) is 0 Å². The van der Waals surface area contributed by atoms with Crippen LogP contribution >= 0.6 is 0 Å². The molecule has 4 rings (SSSR count).